The summed E-state index contributed by atoms with van der Waals surface area (Å²) in [5, 5.41) is 3.92. The molecule has 0 bridgehead atoms. The predicted octanol–water partition coefficient (Wildman–Crippen LogP) is 1.55. The van der Waals surface area contributed by atoms with E-state index in [1.165, 1.54) is 7.11 Å². The van der Waals surface area contributed by atoms with Crippen molar-refractivity contribution in [1.82, 2.24) is 25.0 Å². The Bertz CT molecular complexity index is 965. The maximum absolute atomic E-state index is 12.5. The van der Waals surface area contributed by atoms with E-state index in [9.17, 15) is 9.59 Å². The molecule has 1 saturated heterocycles. The SMILES string of the molecule is COC(=O)c1ccc(C(=O)N2CC(c3nc(-c4cnccn4)no3)C2)cc1. The minimum absolute atomic E-state index is 0.0128. The first kappa shape index (κ1) is 16.8. The van der Waals surface area contributed by atoms with Gasteiger partial charge < -0.3 is 14.2 Å². The maximum Gasteiger partial charge on any atom is 0.337 e. The Hall–Kier alpha value is -3.62. The second-order valence-electron chi connectivity index (χ2n) is 6.02. The van der Waals surface area contributed by atoms with E-state index in [2.05, 4.69) is 24.8 Å². The van der Waals surface area contributed by atoms with Gasteiger partial charge in [-0.1, -0.05) is 5.16 Å². The van der Waals surface area contributed by atoms with E-state index in [0.29, 0.717) is 41.6 Å². The highest BCUT2D eigenvalue weighted by atomic mass is 16.5. The maximum atomic E-state index is 12.5. The van der Waals surface area contributed by atoms with Crippen molar-refractivity contribution in [1.29, 1.82) is 0 Å². The molecule has 0 spiro atoms. The lowest BCUT2D eigenvalue weighted by atomic mass is 9.98. The monoisotopic (exact) mass is 365 g/mol. The molecule has 27 heavy (non-hydrogen) atoms. The van der Waals surface area contributed by atoms with Gasteiger partial charge in [0.2, 0.25) is 11.7 Å². The van der Waals surface area contributed by atoms with Gasteiger partial charge in [0.25, 0.3) is 5.91 Å². The Morgan fingerprint density at radius 3 is 2.56 bits per heavy atom. The van der Waals surface area contributed by atoms with Crippen LogP contribution in [-0.4, -0.2) is 57.1 Å². The van der Waals surface area contributed by atoms with Crippen molar-refractivity contribution >= 4 is 11.9 Å². The van der Waals surface area contributed by atoms with E-state index >= 15 is 0 Å². The molecule has 0 unspecified atom stereocenters. The fourth-order valence-corrected chi connectivity index (χ4v) is 2.77. The molecular weight excluding hydrogens is 350 g/mol. The molecule has 3 heterocycles. The fraction of sp³-hybridized carbons (Fsp3) is 0.222. The van der Waals surface area contributed by atoms with E-state index in [0.717, 1.165) is 0 Å². The molecule has 136 valence electrons. The number of hydrogen-bond acceptors (Lipinski definition) is 8. The zero-order valence-electron chi connectivity index (χ0n) is 14.4. The molecule has 1 aliphatic heterocycles. The summed E-state index contributed by atoms with van der Waals surface area (Å²) < 4.78 is 9.94. The largest absolute Gasteiger partial charge is 0.465 e. The third-order valence-electron chi connectivity index (χ3n) is 4.30. The van der Waals surface area contributed by atoms with Crippen LogP contribution >= 0.6 is 0 Å². The van der Waals surface area contributed by atoms with Crippen LogP contribution in [0.5, 0.6) is 0 Å². The number of aromatic nitrogens is 4. The van der Waals surface area contributed by atoms with Gasteiger partial charge in [0, 0.05) is 31.0 Å². The van der Waals surface area contributed by atoms with Crippen molar-refractivity contribution in [2.75, 3.05) is 20.2 Å². The van der Waals surface area contributed by atoms with Crippen molar-refractivity contribution in [3.05, 3.63) is 59.9 Å². The molecule has 1 amide bonds. The molecule has 9 nitrogen and oxygen atoms in total. The highest BCUT2D eigenvalue weighted by Crippen LogP contribution is 2.28. The highest BCUT2D eigenvalue weighted by molar-refractivity contribution is 5.96. The van der Waals surface area contributed by atoms with Crippen LogP contribution in [0.1, 0.15) is 32.5 Å². The van der Waals surface area contributed by atoms with Crippen molar-refractivity contribution in [3.8, 4) is 11.5 Å². The van der Waals surface area contributed by atoms with Crippen LogP contribution in [-0.2, 0) is 4.74 Å². The Morgan fingerprint density at radius 2 is 1.89 bits per heavy atom. The van der Waals surface area contributed by atoms with Crippen molar-refractivity contribution in [3.63, 3.8) is 0 Å². The number of amides is 1. The highest BCUT2D eigenvalue weighted by Gasteiger charge is 2.36. The molecule has 1 aliphatic rings. The Kier molecular flexibility index (Phi) is 4.33. The average molecular weight is 365 g/mol. The smallest absolute Gasteiger partial charge is 0.337 e. The number of esters is 1. The molecule has 0 radical (unpaired) electrons. The number of methoxy groups -OCH3 is 1. The molecule has 9 heteroatoms. The standard InChI is InChI=1S/C18H15N5O4/c1-26-18(25)12-4-2-11(3-5-12)17(24)23-9-13(10-23)16-21-15(22-27-16)14-8-19-6-7-20-14/h2-8,13H,9-10H2,1H3. The van der Waals surface area contributed by atoms with Gasteiger partial charge >= 0.3 is 5.97 Å². The topological polar surface area (TPSA) is 111 Å². The minimum atomic E-state index is -0.437. The van der Waals surface area contributed by atoms with Gasteiger partial charge in [-0.05, 0) is 24.3 Å². The van der Waals surface area contributed by atoms with E-state index in [1.54, 1.807) is 47.8 Å². The van der Waals surface area contributed by atoms with Crippen LogP contribution in [0, 0.1) is 0 Å². The molecule has 0 atom stereocenters. The fourth-order valence-electron chi connectivity index (χ4n) is 2.77. The van der Waals surface area contributed by atoms with E-state index < -0.39 is 5.97 Å². The predicted molar refractivity (Wildman–Crippen MR) is 91.8 cm³/mol. The average Bonchev–Trinajstić information content (AvgIpc) is 3.16. The van der Waals surface area contributed by atoms with Gasteiger partial charge in [-0.3, -0.25) is 9.78 Å². The van der Waals surface area contributed by atoms with Crippen LogP contribution in [0.4, 0.5) is 0 Å². The first-order valence-corrected chi connectivity index (χ1v) is 8.23. The quantitative estimate of drug-likeness (QED) is 0.640. The first-order chi connectivity index (χ1) is 13.2. The summed E-state index contributed by atoms with van der Waals surface area (Å²) in [6.45, 7) is 0.972. The van der Waals surface area contributed by atoms with Crippen LogP contribution in [0.15, 0.2) is 47.4 Å². The zero-order valence-corrected chi connectivity index (χ0v) is 14.4. The van der Waals surface area contributed by atoms with Crippen LogP contribution in [0.2, 0.25) is 0 Å². The number of ether oxygens (including phenoxy) is 1. The first-order valence-electron chi connectivity index (χ1n) is 8.23. The van der Waals surface area contributed by atoms with Crippen molar-refractivity contribution < 1.29 is 18.8 Å². The Balaban J connectivity index is 1.39. The van der Waals surface area contributed by atoms with E-state index in [1.807, 2.05) is 0 Å². The van der Waals surface area contributed by atoms with Crippen molar-refractivity contribution in [2.45, 2.75) is 5.92 Å². The van der Waals surface area contributed by atoms with Gasteiger partial charge in [-0.25, -0.2) is 9.78 Å². The summed E-state index contributed by atoms with van der Waals surface area (Å²) in [5.74, 6) is 0.285. The Labute approximate surface area is 154 Å². The third kappa shape index (κ3) is 3.26. The Morgan fingerprint density at radius 1 is 1.15 bits per heavy atom. The van der Waals surface area contributed by atoms with Crippen molar-refractivity contribution in [2.24, 2.45) is 0 Å². The molecule has 1 aromatic carbocycles. The summed E-state index contributed by atoms with van der Waals surface area (Å²) in [6, 6.07) is 6.37. The summed E-state index contributed by atoms with van der Waals surface area (Å²) >= 11 is 0. The minimum Gasteiger partial charge on any atom is -0.465 e. The van der Waals surface area contributed by atoms with Gasteiger partial charge in [0.15, 0.2) is 0 Å². The summed E-state index contributed by atoms with van der Waals surface area (Å²) in [7, 11) is 1.31. The third-order valence-corrected chi connectivity index (χ3v) is 4.30. The lowest BCUT2D eigenvalue weighted by molar-refractivity contribution is 0.0564. The number of nitrogens with zero attached hydrogens (tertiary/aromatic N) is 5. The lowest BCUT2D eigenvalue weighted by Crippen LogP contribution is -2.48. The van der Waals surface area contributed by atoms with Gasteiger partial charge in [-0.2, -0.15) is 4.98 Å². The second-order valence-corrected chi connectivity index (χ2v) is 6.02. The second kappa shape index (κ2) is 6.94. The lowest BCUT2D eigenvalue weighted by Gasteiger charge is -2.37. The van der Waals surface area contributed by atoms with E-state index in [4.69, 9.17) is 4.52 Å². The van der Waals surface area contributed by atoms with Crippen LogP contribution < -0.4 is 0 Å². The van der Waals surface area contributed by atoms with Gasteiger partial charge in [0.1, 0.15) is 5.69 Å². The summed E-state index contributed by atoms with van der Waals surface area (Å²) in [5.41, 5.74) is 1.44. The molecule has 3 aromatic rings. The number of carbonyl (C=O) groups excluding carboxylic acids is 2. The molecule has 4 rings (SSSR count). The summed E-state index contributed by atoms with van der Waals surface area (Å²) in [6.07, 6.45) is 4.68. The van der Waals surface area contributed by atoms with Gasteiger partial charge in [0.05, 0.1) is 24.8 Å². The number of likely N-dealkylation sites (tertiary alicyclic amines) is 1. The molecule has 0 N–H and O–H groups in total. The van der Waals surface area contributed by atoms with Crippen LogP contribution in [0.25, 0.3) is 11.5 Å². The summed E-state index contributed by atoms with van der Waals surface area (Å²) in [4.78, 5) is 38.1. The molecule has 0 saturated carbocycles. The number of carbonyl (C=O) groups is 2. The molecular formula is C18H15N5O4. The van der Waals surface area contributed by atoms with E-state index in [-0.39, 0.29) is 11.8 Å². The number of benzene rings is 1. The number of rotatable bonds is 4. The molecule has 1 fully saturated rings. The zero-order chi connectivity index (χ0) is 18.8. The molecule has 2 aromatic heterocycles. The van der Waals surface area contributed by atoms with Gasteiger partial charge in [-0.15, -0.1) is 0 Å². The van der Waals surface area contributed by atoms with Crippen LogP contribution in [0.3, 0.4) is 0 Å². The molecule has 0 aliphatic carbocycles. The number of hydrogen-bond donors (Lipinski definition) is 0. The normalized spacial score (nSPS) is 13.9.